The van der Waals surface area contributed by atoms with Gasteiger partial charge < -0.3 is 5.73 Å². The van der Waals surface area contributed by atoms with Gasteiger partial charge in [-0.3, -0.25) is 14.3 Å². The van der Waals surface area contributed by atoms with E-state index in [9.17, 15) is 4.79 Å². The van der Waals surface area contributed by atoms with Crippen molar-refractivity contribution in [3.8, 4) is 5.69 Å². The second-order valence-electron chi connectivity index (χ2n) is 6.24. The van der Waals surface area contributed by atoms with E-state index >= 15 is 0 Å². The van der Waals surface area contributed by atoms with Crippen molar-refractivity contribution in [2.75, 3.05) is 0 Å². The second kappa shape index (κ2) is 6.00. The molecule has 1 fully saturated rings. The average Bonchev–Trinajstić information content (AvgIpc) is 3.39. The first-order valence-electron chi connectivity index (χ1n) is 8.02. The standard InChI is InChI=1S/C18H17ClN4O/c19-13-4-1-5-15-16(13)18(24)23(12-3-2-8-21-10-12)17(22-15)14(20)9-11-6-7-11/h1-5,8,10-11,14H,6-7,9,20H2/t14-/m0/s1. The Hall–Kier alpha value is -2.24. The first-order valence-corrected chi connectivity index (χ1v) is 8.40. The van der Waals surface area contributed by atoms with Crippen LogP contribution in [0.25, 0.3) is 16.6 Å². The Labute approximate surface area is 144 Å². The topological polar surface area (TPSA) is 73.8 Å². The summed E-state index contributed by atoms with van der Waals surface area (Å²) in [5, 5.41) is 0.801. The van der Waals surface area contributed by atoms with Gasteiger partial charge in [0.2, 0.25) is 0 Å². The lowest BCUT2D eigenvalue weighted by Gasteiger charge is -2.18. The molecule has 0 aliphatic heterocycles. The molecule has 1 aliphatic rings. The van der Waals surface area contributed by atoms with Gasteiger partial charge in [0.1, 0.15) is 5.82 Å². The number of rotatable bonds is 4. The van der Waals surface area contributed by atoms with E-state index in [1.165, 1.54) is 12.8 Å². The molecule has 1 aliphatic carbocycles. The zero-order valence-electron chi connectivity index (χ0n) is 13.0. The highest BCUT2D eigenvalue weighted by atomic mass is 35.5. The molecule has 1 aromatic carbocycles. The maximum absolute atomic E-state index is 13.1. The normalized spacial score (nSPS) is 15.6. The van der Waals surface area contributed by atoms with Gasteiger partial charge in [0.25, 0.3) is 5.56 Å². The number of nitrogens with zero attached hydrogens (tertiary/aromatic N) is 3. The highest BCUT2D eigenvalue weighted by molar-refractivity contribution is 6.35. The van der Waals surface area contributed by atoms with E-state index in [4.69, 9.17) is 17.3 Å². The Kier molecular flexibility index (Phi) is 3.82. The SMILES string of the molecule is N[C@@H](CC1CC1)c1nc2cccc(Cl)c2c(=O)n1-c1cccnc1. The number of hydrogen-bond donors (Lipinski definition) is 1. The Morgan fingerprint density at radius 1 is 1.29 bits per heavy atom. The maximum Gasteiger partial charge on any atom is 0.267 e. The van der Waals surface area contributed by atoms with Crippen LogP contribution >= 0.6 is 11.6 Å². The molecule has 5 nitrogen and oxygen atoms in total. The Balaban J connectivity index is 1.99. The first kappa shape index (κ1) is 15.3. The number of fused-ring (bicyclic) bond motifs is 1. The number of hydrogen-bond acceptors (Lipinski definition) is 4. The summed E-state index contributed by atoms with van der Waals surface area (Å²) in [4.78, 5) is 21.9. The fraction of sp³-hybridized carbons (Fsp3) is 0.278. The van der Waals surface area contributed by atoms with Gasteiger partial charge in [0.05, 0.1) is 33.9 Å². The van der Waals surface area contributed by atoms with Gasteiger partial charge in [-0.25, -0.2) is 4.98 Å². The molecule has 2 heterocycles. The van der Waals surface area contributed by atoms with Crippen LogP contribution in [-0.2, 0) is 0 Å². The largest absolute Gasteiger partial charge is 0.321 e. The van der Waals surface area contributed by atoms with Gasteiger partial charge in [-0.2, -0.15) is 0 Å². The summed E-state index contributed by atoms with van der Waals surface area (Å²) in [7, 11) is 0. The molecule has 3 aromatic rings. The van der Waals surface area contributed by atoms with E-state index < -0.39 is 0 Å². The molecule has 1 atom stereocenters. The zero-order valence-corrected chi connectivity index (χ0v) is 13.8. The third-order valence-corrected chi connectivity index (χ3v) is 4.71. The van der Waals surface area contributed by atoms with Crippen LogP contribution in [0.3, 0.4) is 0 Å². The fourth-order valence-corrected chi connectivity index (χ4v) is 3.26. The molecule has 0 radical (unpaired) electrons. The average molecular weight is 341 g/mol. The Morgan fingerprint density at radius 2 is 2.12 bits per heavy atom. The summed E-state index contributed by atoms with van der Waals surface area (Å²) in [6.07, 6.45) is 6.53. The maximum atomic E-state index is 13.1. The molecule has 122 valence electrons. The van der Waals surface area contributed by atoms with Crippen molar-refractivity contribution in [3.05, 3.63) is 63.9 Å². The smallest absolute Gasteiger partial charge is 0.267 e. The van der Waals surface area contributed by atoms with Crippen LogP contribution in [0.4, 0.5) is 0 Å². The quantitative estimate of drug-likeness (QED) is 0.791. The van der Waals surface area contributed by atoms with Crippen molar-refractivity contribution in [2.45, 2.75) is 25.3 Å². The molecule has 0 bridgehead atoms. The van der Waals surface area contributed by atoms with Crippen molar-refractivity contribution in [3.63, 3.8) is 0 Å². The zero-order chi connectivity index (χ0) is 16.7. The molecule has 6 heteroatoms. The second-order valence-corrected chi connectivity index (χ2v) is 6.65. The van der Waals surface area contributed by atoms with Gasteiger partial charge >= 0.3 is 0 Å². The fourth-order valence-electron chi connectivity index (χ4n) is 3.01. The van der Waals surface area contributed by atoms with Crippen molar-refractivity contribution < 1.29 is 0 Å². The summed E-state index contributed by atoms with van der Waals surface area (Å²) in [6.45, 7) is 0. The minimum Gasteiger partial charge on any atom is -0.321 e. The number of benzene rings is 1. The van der Waals surface area contributed by atoms with Crippen molar-refractivity contribution in [1.82, 2.24) is 14.5 Å². The molecule has 0 unspecified atom stereocenters. The number of nitrogens with two attached hydrogens (primary N) is 1. The summed E-state index contributed by atoms with van der Waals surface area (Å²) < 4.78 is 1.55. The number of pyridine rings is 1. The molecule has 0 spiro atoms. The van der Waals surface area contributed by atoms with Crippen molar-refractivity contribution in [1.29, 1.82) is 0 Å². The van der Waals surface area contributed by atoms with E-state index in [0.717, 1.165) is 6.42 Å². The van der Waals surface area contributed by atoms with Crippen LogP contribution in [-0.4, -0.2) is 14.5 Å². The molecule has 24 heavy (non-hydrogen) atoms. The van der Waals surface area contributed by atoms with E-state index in [1.807, 2.05) is 6.07 Å². The molecule has 2 N–H and O–H groups in total. The van der Waals surface area contributed by atoms with Crippen LogP contribution in [0.2, 0.25) is 5.02 Å². The van der Waals surface area contributed by atoms with Gasteiger partial charge in [-0.15, -0.1) is 0 Å². The van der Waals surface area contributed by atoms with E-state index in [1.54, 1.807) is 41.2 Å². The summed E-state index contributed by atoms with van der Waals surface area (Å²) in [6, 6.07) is 8.60. The van der Waals surface area contributed by atoms with Crippen LogP contribution in [0, 0.1) is 5.92 Å². The van der Waals surface area contributed by atoms with Crippen LogP contribution in [0.15, 0.2) is 47.5 Å². The molecule has 0 saturated heterocycles. The Morgan fingerprint density at radius 3 is 2.83 bits per heavy atom. The predicted molar refractivity (Wildman–Crippen MR) is 94.4 cm³/mol. The third-order valence-electron chi connectivity index (χ3n) is 4.39. The summed E-state index contributed by atoms with van der Waals surface area (Å²) in [5.41, 5.74) is 7.42. The predicted octanol–water partition coefficient (Wildman–Crippen LogP) is 3.23. The van der Waals surface area contributed by atoms with Crippen LogP contribution in [0.5, 0.6) is 0 Å². The lowest BCUT2D eigenvalue weighted by Crippen LogP contribution is -2.29. The molecule has 2 aromatic heterocycles. The van der Waals surface area contributed by atoms with Gasteiger partial charge in [0.15, 0.2) is 0 Å². The van der Waals surface area contributed by atoms with Gasteiger partial charge in [-0.05, 0) is 36.6 Å². The minimum atomic E-state index is -0.297. The lowest BCUT2D eigenvalue weighted by atomic mass is 10.1. The van der Waals surface area contributed by atoms with E-state index in [0.29, 0.717) is 33.4 Å². The summed E-state index contributed by atoms with van der Waals surface area (Å²) in [5.74, 6) is 1.20. The van der Waals surface area contributed by atoms with Crippen LogP contribution < -0.4 is 11.3 Å². The minimum absolute atomic E-state index is 0.208. The van der Waals surface area contributed by atoms with Crippen molar-refractivity contribution >= 4 is 22.5 Å². The van der Waals surface area contributed by atoms with E-state index in [2.05, 4.69) is 9.97 Å². The molecule has 0 amide bonds. The van der Waals surface area contributed by atoms with Gasteiger partial charge in [0, 0.05) is 6.20 Å². The highest BCUT2D eigenvalue weighted by Gasteiger charge is 2.27. The lowest BCUT2D eigenvalue weighted by molar-refractivity contribution is 0.553. The van der Waals surface area contributed by atoms with Crippen molar-refractivity contribution in [2.24, 2.45) is 11.7 Å². The number of aromatic nitrogens is 3. The number of halogens is 1. The molecule has 4 rings (SSSR count). The molecular weight excluding hydrogens is 324 g/mol. The Bertz CT molecular complexity index is 950. The van der Waals surface area contributed by atoms with Crippen LogP contribution in [0.1, 0.15) is 31.1 Å². The highest BCUT2D eigenvalue weighted by Crippen LogP contribution is 2.36. The third kappa shape index (κ3) is 2.70. The summed E-state index contributed by atoms with van der Waals surface area (Å²) >= 11 is 6.25. The van der Waals surface area contributed by atoms with Gasteiger partial charge in [-0.1, -0.05) is 30.5 Å². The monoisotopic (exact) mass is 340 g/mol. The first-order chi connectivity index (χ1) is 11.6. The molecule has 1 saturated carbocycles. The van der Waals surface area contributed by atoms with E-state index in [-0.39, 0.29) is 11.6 Å². The molecular formula is C18H17ClN4O.